The van der Waals surface area contributed by atoms with E-state index in [1.165, 1.54) is 0 Å². The first-order chi connectivity index (χ1) is 17.9. The second-order valence-electron chi connectivity index (χ2n) is 10.1. The summed E-state index contributed by atoms with van der Waals surface area (Å²) in [5.41, 5.74) is 8.85. The van der Waals surface area contributed by atoms with Crippen molar-refractivity contribution >= 4 is 28.7 Å². The van der Waals surface area contributed by atoms with Crippen LogP contribution in [0.4, 0.5) is 11.8 Å². The minimum atomic E-state index is 0.0520. The van der Waals surface area contributed by atoms with Gasteiger partial charge in [0, 0.05) is 48.9 Å². The molecule has 1 aromatic carbocycles. The normalized spacial score (nSPS) is 20.1. The van der Waals surface area contributed by atoms with Gasteiger partial charge in [0.2, 0.25) is 5.95 Å². The number of aromatic nitrogens is 4. The van der Waals surface area contributed by atoms with Gasteiger partial charge in [0.15, 0.2) is 5.82 Å². The van der Waals surface area contributed by atoms with E-state index in [1.807, 2.05) is 27.8 Å². The highest BCUT2D eigenvalue weighted by atomic mass is 16.5. The van der Waals surface area contributed by atoms with Crippen molar-refractivity contribution in [1.82, 2.24) is 29.5 Å². The molecule has 4 heterocycles. The number of nitrogens with one attached hydrogen (secondary N) is 1. The topological polar surface area (TPSA) is 135 Å². The lowest BCUT2D eigenvalue weighted by atomic mass is 10.1. The van der Waals surface area contributed by atoms with Crippen molar-refractivity contribution < 1.29 is 14.6 Å². The second-order valence-corrected chi connectivity index (χ2v) is 10.1. The number of likely N-dealkylation sites (N-methyl/N-ethyl adjacent to an activating group) is 1. The molecule has 37 heavy (non-hydrogen) atoms. The average Bonchev–Trinajstić information content (AvgIpc) is 3.58. The standard InChI is InChI=1S/C26H36N8O3/c1-4-5-18(8-9-35)29-24-23-21(30-26(27)31-24)12-28-34(23)13-17-7-6-16(10-22(17)37-3)25(36)33-15-19-11-20(33)14-32(19)2/h6-7,10,12,18-20,35H,4-5,8-9,11,13-15H2,1-3H3,(H3,27,29,30,31)/t18-,19+,20+/m0/s1. The number of methoxy groups -OCH3 is 1. The summed E-state index contributed by atoms with van der Waals surface area (Å²) in [6.07, 6.45) is 5.18. The maximum atomic E-state index is 13.3. The molecule has 2 aromatic heterocycles. The van der Waals surface area contributed by atoms with Crippen molar-refractivity contribution in [1.29, 1.82) is 0 Å². The Hall–Kier alpha value is -3.44. The number of aliphatic hydroxyl groups is 1. The molecule has 0 saturated carbocycles. The number of hydrogen-bond acceptors (Lipinski definition) is 9. The number of hydrogen-bond donors (Lipinski definition) is 3. The number of anilines is 2. The number of carbonyl (C=O) groups is 1. The second kappa shape index (κ2) is 10.5. The predicted molar refractivity (Wildman–Crippen MR) is 142 cm³/mol. The summed E-state index contributed by atoms with van der Waals surface area (Å²) in [5.74, 6) is 1.44. The fraction of sp³-hybridized carbons (Fsp3) is 0.538. The third-order valence-corrected chi connectivity index (χ3v) is 7.59. The average molecular weight is 509 g/mol. The summed E-state index contributed by atoms with van der Waals surface area (Å²) in [7, 11) is 3.74. The molecule has 1 amide bonds. The van der Waals surface area contributed by atoms with Crippen LogP contribution >= 0.6 is 0 Å². The predicted octanol–water partition coefficient (Wildman–Crippen LogP) is 1.96. The molecule has 4 N–H and O–H groups in total. The van der Waals surface area contributed by atoms with Crippen LogP contribution in [0.25, 0.3) is 11.0 Å². The third kappa shape index (κ3) is 4.93. The van der Waals surface area contributed by atoms with Gasteiger partial charge >= 0.3 is 0 Å². The summed E-state index contributed by atoms with van der Waals surface area (Å²) in [6.45, 7) is 4.29. The quantitative estimate of drug-likeness (QED) is 0.376. The Morgan fingerprint density at radius 3 is 2.78 bits per heavy atom. The van der Waals surface area contributed by atoms with Gasteiger partial charge in [0.1, 0.15) is 16.8 Å². The summed E-state index contributed by atoms with van der Waals surface area (Å²) in [4.78, 5) is 26.4. The number of fused-ring (bicyclic) bond motifs is 3. The highest BCUT2D eigenvalue weighted by Crippen LogP contribution is 2.32. The maximum absolute atomic E-state index is 13.3. The molecule has 2 fully saturated rings. The summed E-state index contributed by atoms with van der Waals surface area (Å²) in [5, 5.41) is 17.5. The molecular weight excluding hydrogens is 472 g/mol. The number of nitrogens with two attached hydrogens (primary N) is 1. The van der Waals surface area contributed by atoms with E-state index in [9.17, 15) is 9.90 Å². The number of piperazine rings is 1. The van der Waals surface area contributed by atoms with E-state index in [2.05, 4.69) is 39.3 Å². The minimum Gasteiger partial charge on any atom is -0.496 e. The van der Waals surface area contributed by atoms with Crippen molar-refractivity contribution in [2.75, 3.05) is 44.9 Å². The Labute approximate surface area is 216 Å². The fourth-order valence-corrected chi connectivity index (χ4v) is 5.67. The molecule has 0 radical (unpaired) electrons. The smallest absolute Gasteiger partial charge is 0.254 e. The highest BCUT2D eigenvalue weighted by Gasteiger charge is 2.43. The molecule has 3 aromatic rings. The van der Waals surface area contributed by atoms with E-state index in [1.54, 1.807) is 13.3 Å². The van der Waals surface area contributed by atoms with Crippen molar-refractivity contribution in [3.05, 3.63) is 35.5 Å². The number of amides is 1. The zero-order valence-corrected chi connectivity index (χ0v) is 21.7. The van der Waals surface area contributed by atoms with Gasteiger partial charge in [-0.2, -0.15) is 10.1 Å². The van der Waals surface area contributed by atoms with E-state index in [0.29, 0.717) is 41.7 Å². The molecule has 11 heteroatoms. The number of benzene rings is 1. The van der Waals surface area contributed by atoms with E-state index in [-0.39, 0.29) is 30.5 Å². The van der Waals surface area contributed by atoms with Crippen molar-refractivity contribution in [2.45, 2.75) is 57.3 Å². The van der Waals surface area contributed by atoms with Gasteiger partial charge in [-0.1, -0.05) is 19.4 Å². The molecule has 2 bridgehead atoms. The highest BCUT2D eigenvalue weighted by molar-refractivity contribution is 5.95. The Kier molecular flexibility index (Phi) is 7.16. The van der Waals surface area contributed by atoms with Crippen molar-refractivity contribution in [2.24, 2.45) is 0 Å². The molecule has 2 saturated heterocycles. The number of aliphatic hydroxyl groups excluding tert-OH is 1. The van der Waals surface area contributed by atoms with Crippen LogP contribution in [0.1, 0.15) is 48.5 Å². The van der Waals surface area contributed by atoms with Gasteiger partial charge in [-0.15, -0.1) is 0 Å². The Morgan fingerprint density at radius 1 is 1.27 bits per heavy atom. The number of likely N-dealkylation sites (tertiary alicyclic amines) is 2. The Bertz CT molecular complexity index is 1270. The molecule has 2 aliphatic heterocycles. The van der Waals surface area contributed by atoms with Gasteiger partial charge < -0.3 is 25.8 Å². The van der Waals surface area contributed by atoms with Crippen molar-refractivity contribution in [3.8, 4) is 5.75 Å². The third-order valence-electron chi connectivity index (χ3n) is 7.59. The van der Waals surface area contributed by atoms with Gasteiger partial charge in [0.05, 0.1) is 19.9 Å². The van der Waals surface area contributed by atoms with Crippen LogP contribution < -0.4 is 15.8 Å². The van der Waals surface area contributed by atoms with Gasteiger partial charge in [0.25, 0.3) is 5.91 Å². The number of rotatable bonds is 10. The number of nitrogens with zero attached hydrogens (tertiary/aromatic N) is 6. The van der Waals surface area contributed by atoms with E-state index in [4.69, 9.17) is 10.5 Å². The zero-order valence-electron chi connectivity index (χ0n) is 21.7. The van der Waals surface area contributed by atoms with Crippen LogP contribution in [-0.2, 0) is 6.54 Å². The van der Waals surface area contributed by atoms with Crippen LogP contribution in [0.15, 0.2) is 24.4 Å². The van der Waals surface area contributed by atoms with Crippen LogP contribution in [-0.4, -0.2) is 92.5 Å². The van der Waals surface area contributed by atoms with E-state index < -0.39 is 0 Å². The first-order valence-electron chi connectivity index (χ1n) is 13.0. The number of carbonyl (C=O) groups excluding carboxylic acids is 1. The molecule has 5 rings (SSSR count). The summed E-state index contributed by atoms with van der Waals surface area (Å²) in [6, 6.07) is 6.41. The molecular formula is C26H36N8O3. The van der Waals surface area contributed by atoms with E-state index in [0.717, 1.165) is 43.4 Å². The monoisotopic (exact) mass is 508 g/mol. The maximum Gasteiger partial charge on any atom is 0.254 e. The van der Waals surface area contributed by atoms with Crippen molar-refractivity contribution in [3.63, 3.8) is 0 Å². The van der Waals surface area contributed by atoms with Gasteiger partial charge in [-0.25, -0.2) is 4.98 Å². The minimum absolute atomic E-state index is 0.0520. The summed E-state index contributed by atoms with van der Waals surface area (Å²) >= 11 is 0. The molecule has 0 spiro atoms. The van der Waals surface area contributed by atoms with Crippen LogP contribution in [0.3, 0.4) is 0 Å². The molecule has 198 valence electrons. The van der Waals surface area contributed by atoms with Gasteiger partial charge in [-0.05, 0) is 38.4 Å². The zero-order chi connectivity index (χ0) is 26.1. The number of ether oxygens (including phenoxy) is 1. The first-order valence-corrected chi connectivity index (χ1v) is 13.0. The Morgan fingerprint density at radius 2 is 2.11 bits per heavy atom. The molecule has 2 aliphatic rings. The first kappa shape index (κ1) is 25.2. The lowest BCUT2D eigenvalue weighted by Gasteiger charge is -2.32. The van der Waals surface area contributed by atoms with Crippen LogP contribution in [0.2, 0.25) is 0 Å². The lowest BCUT2D eigenvalue weighted by Crippen LogP contribution is -2.47. The SMILES string of the molecule is CCC[C@@H](CCO)Nc1nc(N)nc2cnn(Cc3ccc(C(=O)N4C[C@H]5C[C@@H]4CN5C)cc3OC)c12. The molecule has 0 unspecified atom stereocenters. The summed E-state index contributed by atoms with van der Waals surface area (Å²) < 4.78 is 7.51. The molecule has 0 aliphatic carbocycles. The van der Waals surface area contributed by atoms with Crippen LogP contribution in [0, 0.1) is 0 Å². The Balaban J connectivity index is 1.41. The molecule has 3 atom stereocenters. The van der Waals surface area contributed by atoms with Gasteiger partial charge in [-0.3, -0.25) is 14.4 Å². The molecule has 11 nitrogen and oxygen atoms in total. The lowest BCUT2D eigenvalue weighted by molar-refractivity contribution is 0.0650. The largest absolute Gasteiger partial charge is 0.496 e. The number of nitrogen functional groups attached to an aromatic ring is 1. The fourth-order valence-electron chi connectivity index (χ4n) is 5.67. The van der Waals surface area contributed by atoms with Crippen LogP contribution in [0.5, 0.6) is 5.75 Å². The van der Waals surface area contributed by atoms with E-state index >= 15 is 0 Å².